The van der Waals surface area contributed by atoms with Crippen LogP contribution in [-0.2, 0) is 0 Å². The van der Waals surface area contributed by atoms with Gasteiger partial charge in [0.1, 0.15) is 0 Å². The smallest absolute Gasteiger partial charge is 0.0408 e. The van der Waals surface area contributed by atoms with Crippen LogP contribution < -0.4 is 4.90 Å². The van der Waals surface area contributed by atoms with Crippen molar-refractivity contribution in [1.82, 2.24) is 0 Å². The minimum absolute atomic E-state index is 1.17. The maximum absolute atomic E-state index is 2.39. The van der Waals surface area contributed by atoms with Crippen LogP contribution in [0.2, 0.25) is 0 Å². The lowest BCUT2D eigenvalue weighted by Crippen LogP contribution is -2.08. The first-order chi connectivity index (χ1) is 20.5. The van der Waals surface area contributed by atoms with Gasteiger partial charge in [-0.1, -0.05) is 78.9 Å². The molecule has 0 atom stereocenters. The summed E-state index contributed by atoms with van der Waals surface area (Å²) in [5, 5.41) is 2.69. The molecule has 1 aromatic heterocycles. The molecular formula is C40H33NS. The van der Waals surface area contributed by atoms with Crippen molar-refractivity contribution in [2.45, 2.75) is 20.8 Å². The van der Waals surface area contributed by atoms with Gasteiger partial charge < -0.3 is 4.90 Å². The summed E-state index contributed by atoms with van der Waals surface area (Å²) in [7, 11) is 2.12. The molecule has 0 unspecified atom stereocenters. The van der Waals surface area contributed by atoms with Crippen LogP contribution in [0.1, 0.15) is 16.7 Å². The second-order valence-corrected chi connectivity index (χ2v) is 12.3. The molecule has 0 saturated heterocycles. The lowest BCUT2D eigenvalue weighted by Gasteiger charge is -2.20. The van der Waals surface area contributed by atoms with Crippen LogP contribution in [-0.4, -0.2) is 7.05 Å². The number of benzene rings is 6. The summed E-state index contributed by atoms with van der Waals surface area (Å²) in [4.78, 5) is 2.22. The Morgan fingerprint density at radius 2 is 1.12 bits per heavy atom. The quantitative estimate of drug-likeness (QED) is 0.203. The Bertz CT molecular complexity index is 2070. The summed E-state index contributed by atoms with van der Waals surface area (Å²) in [5.41, 5.74) is 13.9. The molecule has 7 rings (SSSR count). The molecule has 1 nitrogen and oxygen atoms in total. The van der Waals surface area contributed by atoms with Crippen molar-refractivity contribution < 1.29 is 0 Å². The molecule has 0 bridgehead atoms. The van der Waals surface area contributed by atoms with Gasteiger partial charge in [0, 0.05) is 38.6 Å². The third kappa shape index (κ3) is 4.58. The summed E-state index contributed by atoms with van der Waals surface area (Å²) in [6.07, 6.45) is 0. The lowest BCUT2D eigenvalue weighted by molar-refractivity contribution is 1.21. The predicted octanol–water partition coefficient (Wildman–Crippen LogP) is 11.7. The zero-order chi connectivity index (χ0) is 28.8. The van der Waals surface area contributed by atoms with Gasteiger partial charge in [0.05, 0.1) is 0 Å². The van der Waals surface area contributed by atoms with E-state index in [1.165, 1.54) is 81.6 Å². The van der Waals surface area contributed by atoms with E-state index in [4.69, 9.17) is 0 Å². The van der Waals surface area contributed by atoms with Gasteiger partial charge in [-0.05, 0) is 119 Å². The second kappa shape index (κ2) is 10.6. The summed E-state index contributed by atoms with van der Waals surface area (Å²) in [5.74, 6) is 0. The Morgan fingerprint density at radius 1 is 0.476 bits per heavy atom. The maximum atomic E-state index is 2.39. The lowest BCUT2D eigenvalue weighted by atomic mass is 9.87. The maximum Gasteiger partial charge on any atom is 0.0408 e. The van der Waals surface area contributed by atoms with Crippen LogP contribution >= 0.6 is 11.3 Å². The number of fused-ring (bicyclic) bond motifs is 3. The summed E-state index contributed by atoms with van der Waals surface area (Å²) in [6.45, 7) is 6.74. The van der Waals surface area contributed by atoms with E-state index in [9.17, 15) is 0 Å². The number of rotatable bonds is 5. The van der Waals surface area contributed by atoms with Crippen molar-refractivity contribution in [3.63, 3.8) is 0 Å². The number of nitrogens with zero attached hydrogens (tertiary/aromatic N) is 1. The molecular weight excluding hydrogens is 527 g/mol. The third-order valence-electron chi connectivity index (χ3n) is 8.60. The van der Waals surface area contributed by atoms with Crippen molar-refractivity contribution in [3.8, 4) is 33.4 Å². The van der Waals surface area contributed by atoms with E-state index in [0.29, 0.717) is 0 Å². The van der Waals surface area contributed by atoms with E-state index in [-0.39, 0.29) is 0 Å². The molecule has 0 saturated carbocycles. The molecule has 0 aliphatic carbocycles. The zero-order valence-corrected chi connectivity index (χ0v) is 25.3. The minimum atomic E-state index is 1.17. The Morgan fingerprint density at radius 3 is 1.93 bits per heavy atom. The first kappa shape index (κ1) is 26.3. The molecule has 7 aromatic rings. The normalized spacial score (nSPS) is 11.3. The van der Waals surface area contributed by atoms with E-state index in [1.54, 1.807) is 0 Å². The van der Waals surface area contributed by atoms with Gasteiger partial charge in [-0.3, -0.25) is 0 Å². The van der Waals surface area contributed by atoms with E-state index in [2.05, 4.69) is 160 Å². The number of para-hydroxylation sites is 1. The predicted molar refractivity (Wildman–Crippen MR) is 184 cm³/mol. The van der Waals surface area contributed by atoms with Crippen molar-refractivity contribution in [2.75, 3.05) is 11.9 Å². The topological polar surface area (TPSA) is 3.24 Å². The molecule has 0 aliphatic heterocycles. The molecule has 2 heteroatoms. The van der Waals surface area contributed by atoms with E-state index >= 15 is 0 Å². The van der Waals surface area contributed by atoms with Gasteiger partial charge in [-0.25, -0.2) is 0 Å². The number of anilines is 2. The minimum Gasteiger partial charge on any atom is -0.345 e. The first-order valence-corrected chi connectivity index (χ1v) is 15.3. The summed E-state index contributed by atoms with van der Waals surface area (Å²) >= 11 is 1.87. The average Bonchev–Trinajstić information content (AvgIpc) is 3.40. The summed E-state index contributed by atoms with van der Waals surface area (Å²) in [6, 6.07) is 46.6. The van der Waals surface area contributed by atoms with Gasteiger partial charge >= 0.3 is 0 Å². The van der Waals surface area contributed by atoms with Gasteiger partial charge in [0.25, 0.3) is 0 Å². The number of thiophene rings is 1. The SMILES string of the molecule is Cc1ccc(-c2ccc(N(C)c3ccccc3)cc2)cc1-c1ccc(C)c(-c2ccc3sc4ccccc4c3c2)c1C. The van der Waals surface area contributed by atoms with Gasteiger partial charge in [0.15, 0.2) is 0 Å². The molecule has 0 amide bonds. The first-order valence-electron chi connectivity index (χ1n) is 14.5. The Hall–Kier alpha value is -4.66. The van der Waals surface area contributed by atoms with Gasteiger partial charge in [-0.15, -0.1) is 11.3 Å². The van der Waals surface area contributed by atoms with Crippen molar-refractivity contribution in [2.24, 2.45) is 0 Å². The number of hydrogen-bond donors (Lipinski definition) is 0. The van der Waals surface area contributed by atoms with Crippen LogP contribution in [0.3, 0.4) is 0 Å². The molecule has 0 aliphatic rings. The Labute approximate surface area is 252 Å². The highest BCUT2D eigenvalue weighted by Gasteiger charge is 2.15. The van der Waals surface area contributed by atoms with Crippen LogP contribution in [0.15, 0.2) is 127 Å². The van der Waals surface area contributed by atoms with Crippen molar-refractivity contribution in [1.29, 1.82) is 0 Å². The summed E-state index contributed by atoms with van der Waals surface area (Å²) < 4.78 is 2.69. The number of aryl methyl sites for hydroxylation is 2. The molecule has 0 N–H and O–H groups in total. The van der Waals surface area contributed by atoms with E-state index < -0.39 is 0 Å². The largest absolute Gasteiger partial charge is 0.345 e. The third-order valence-corrected chi connectivity index (χ3v) is 9.75. The fourth-order valence-electron chi connectivity index (χ4n) is 6.23. The fraction of sp³-hybridized carbons (Fsp3) is 0.100. The van der Waals surface area contributed by atoms with Crippen LogP contribution in [0.4, 0.5) is 11.4 Å². The van der Waals surface area contributed by atoms with Crippen LogP contribution in [0.25, 0.3) is 53.6 Å². The molecule has 204 valence electrons. The standard InChI is InChI=1S/C40H33NS/c1-26-14-16-30(29-17-20-33(21-18-29)41(4)32-10-6-5-7-11-32)24-36(26)34-22-15-27(2)40(28(34)3)31-19-23-39-37(25-31)35-12-8-9-13-38(35)42-39/h5-25H,1-4H3. The van der Waals surface area contributed by atoms with Crippen LogP contribution in [0.5, 0.6) is 0 Å². The highest BCUT2D eigenvalue weighted by Crippen LogP contribution is 2.41. The molecule has 0 fully saturated rings. The monoisotopic (exact) mass is 559 g/mol. The Balaban J connectivity index is 1.27. The van der Waals surface area contributed by atoms with E-state index in [1.807, 2.05) is 11.3 Å². The molecule has 6 aromatic carbocycles. The number of hydrogen-bond acceptors (Lipinski definition) is 2. The molecule has 42 heavy (non-hydrogen) atoms. The second-order valence-electron chi connectivity index (χ2n) is 11.2. The molecule has 1 heterocycles. The fourth-order valence-corrected chi connectivity index (χ4v) is 7.32. The van der Waals surface area contributed by atoms with E-state index in [0.717, 1.165) is 0 Å². The molecule has 0 spiro atoms. The van der Waals surface area contributed by atoms with Gasteiger partial charge in [-0.2, -0.15) is 0 Å². The Kier molecular flexibility index (Phi) is 6.64. The molecule has 0 radical (unpaired) electrons. The highest BCUT2D eigenvalue weighted by molar-refractivity contribution is 7.25. The average molecular weight is 560 g/mol. The van der Waals surface area contributed by atoms with Crippen molar-refractivity contribution in [3.05, 3.63) is 144 Å². The van der Waals surface area contributed by atoms with Gasteiger partial charge in [0.2, 0.25) is 0 Å². The highest BCUT2D eigenvalue weighted by atomic mass is 32.1. The van der Waals surface area contributed by atoms with Crippen LogP contribution in [0, 0.1) is 20.8 Å². The van der Waals surface area contributed by atoms with Crippen molar-refractivity contribution >= 4 is 42.9 Å². The zero-order valence-electron chi connectivity index (χ0n) is 24.5.